The molecule has 0 spiro atoms. The van der Waals surface area contributed by atoms with Crippen LogP contribution < -0.4 is 14.8 Å². The van der Waals surface area contributed by atoms with Gasteiger partial charge in [-0.15, -0.1) is 0 Å². The molecule has 0 unspecified atom stereocenters. The van der Waals surface area contributed by atoms with Gasteiger partial charge in [0.05, 0.1) is 12.0 Å². The topological polar surface area (TPSA) is 84.5 Å². The molecule has 30 heavy (non-hydrogen) atoms. The van der Waals surface area contributed by atoms with Crippen molar-refractivity contribution in [3.8, 4) is 5.75 Å². The fourth-order valence-corrected chi connectivity index (χ4v) is 3.98. The Balaban J connectivity index is 1.64. The Morgan fingerprint density at radius 3 is 2.37 bits per heavy atom. The van der Waals surface area contributed by atoms with Crippen LogP contribution in [0.1, 0.15) is 15.9 Å². The first-order valence-corrected chi connectivity index (χ1v) is 11.0. The molecular formula is C22H21ClN2O4S. The van der Waals surface area contributed by atoms with E-state index in [1.165, 1.54) is 25.3 Å². The number of carbonyl (C=O) groups excluding carboxylic acids is 1. The maximum absolute atomic E-state index is 12.7. The summed E-state index contributed by atoms with van der Waals surface area (Å²) in [5.41, 5.74) is 1.71. The third kappa shape index (κ3) is 5.75. The molecule has 6 nitrogen and oxygen atoms in total. The summed E-state index contributed by atoms with van der Waals surface area (Å²) in [5.74, 6) is 0.278. The highest BCUT2D eigenvalue weighted by molar-refractivity contribution is 7.92. The lowest BCUT2D eigenvalue weighted by Crippen LogP contribution is -2.26. The predicted molar refractivity (Wildman–Crippen MR) is 118 cm³/mol. The summed E-state index contributed by atoms with van der Waals surface area (Å²) in [6, 6.07) is 19.8. The van der Waals surface area contributed by atoms with Gasteiger partial charge in [-0.3, -0.25) is 9.52 Å². The van der Waals surface area contributed by atoms with Crippen LogP contribution in [-0.4, -0.2) is 28.0 Å². The van der Waals surface area contributed by atoms with E-state index in [4.69, 9.17) is 16.3 Å². The van der Waals surface area contributed by atoms with Crippen LogP contribution in [-0.2, 0) is 16.4 Å². The van der Waals surface area contributed by atoms with Crippen molar-refractivity contribution in [1.29, 1.82) is 0 Å². The minimum atomic E-state index is -3.84. The van der Waals surface area contributed by atoms with Crippen LogP contribution in [0.4, 0.5) is 5.69 Å². The predicted octanol–water partition coefficient (Wildman–Crippen LogP) is 4.12. The molecule has 0 radical (unpaired) electrons. The molecule has 156 valence electrons. The number of halogens is 1. The normalized spacial score (nSPS) is 11.0. The van der Waals surface area contributed by atoms with Crippen LogP contribution >= 0.6 is 11.6 Å². The Morgan fingerprint density at radius 2 is 1.70 bits per heavy atom. The van der Waals surface area contributed by atoms with E-state index in [-0.39, 0.29) is 16.4 Å². The van der Waals surface area contributed by atoms with Gasteiger partial charge in [-0.1, -0.05) is 29.8 Å². The number of anilines is 1. The molecule has 0 atom stereocenters. The first-order valence-electron chi connectivity index (χ1n) is 9.17. The number of ether oxygens (including phenoxy) is 1. The molecule has 0 aliphatic rings. The van der Waals surface area contributed by atoms with E-state index in [0.717, 1.165) is 5.56 Å². The average molecular weight is 445 g/mol. The van der Waals surface area contributed by atoms with Crippen LogP contribution in [0.3, 0.4) is 0 Å². The molecule has 0 bridgehead atoms. The number of nitrogens with one attached hydrogen (secondary N) is 2. The van der Waals surface area contributed by atoms with Crippen molar-refractivity contribution in [2.75, 3.05) is 18.4 Å². The first-order chi connectivity index (χ1) is 14.4. The first kappa shape index (κ1) is 21.7. The van der Waals surface area contributed by atoms with E-state index in [0.29, 0.717) is 29.4 Å². The highest BCUT2D eigenvalue weighted by atomic mass is 35.5. The van der Waals surface area contributed by atoms with Gasteiger partial charge < -0.3 is 10.1 Å². The number of hydrogen-bond acceptors (Lipinski definition) is 4. The number of hydrogen-bond donors (Lipinski definition) is 2. The second-order valence-electron chi connectivity index (χ2n) is 6.49. The summed E-state index contributed by atoms with van der Waals surface area (Å²) < 4.78 is 32.9. The van der Waals surface area contributed by atoms with Gasteiger partial charge in [-0.05, 0) is 66.6 Å². The standard InChI is InChI=1S/C22H21ClN2O4S/c1-29-20-11-9-19(10-12-20)25-30(27,28)21-4-2-3-17(15-21)22(26)24-14-13-16-5-7-18(23)8-6-16/h2-12,15,25H,13-14H2,1H3,(H,24,26). The van der Waals surface area contributed by atoms with Crippen LogP contribution in [0, 0.1) is 0 Å². The van der Waals surface area contributed by atoms with Crippen molar-refractivity contribution in [1.82, 2.24) is 5.32 Å². The zero-order valence-corrected chi connectivity index (χ0v) is 17.8. The van der Waals surface area contributed by atoms with Crippen molar-refractivity contribution >= 4 is 33.2 Å². The van der Waals surface area contributed by atoms with Crippen LogP contribution in [0.5, 0.6) is 5.75 Å². The van der Waals surface area contributed by atoms with Gasteiger partial charge in [-0.25, -0.2) is 8.42 Å². The van der Waals surface area contributed by atoms with E-state index < -0.39 is 10.0 Å². The van der Waals surface area contributed by atoms with Gasteiger partial charge in [0.25, 0.3) is 15.9 Å². The molecule has 0 aliphatic heterocycles. The zero-order chi connectivity index (χ0) is 21.6. The van der Waals surface area contributed by atoms with Crippen molar-refractivity contribution in [2.45, 2.75) is 11.3 Å². The van der Waals surface area contributed by atoms with Gasteiger partial charge >= 0.3 is 0 Å². The highest BCUT2D eigenvalue weighted by Gasteiger charge is 2.16. The van der Waals surface area contributed by atoms with Crippen LogP contribution in [0.15, 0.2) is 77.7 Å². The summed E-state index contributed by atoms with van der Waals surface area (Å²) in [5, 5.41) is 3.46. The van der Waals surface area contributed by atoms with E-state index >= 15 is 0 Å². The van der Waals surface area contributed by atoms with Gasteiger partial charge in [0.15, 0.2) is 0 Å². The molecule has 3 aromatic rings. The third-order valence-electron chi connectivity index (χ3n) is 4.36. The molecule has 2 N–H and O–H groups in total. The van der Waals surface area contributed by atoms with E-state index in [1.54, 1.807) is 42.5 Å². The molecule has 0 fully saturated rings. The Labute approximate surface area is 180 Å². The van der Waals surface area contributed by atoms with E-state index in [2.05, 4.69) is 10.0 Å². The monoisotopic (exact) mass is 444 g/mol. The third-order valence-corrected chi connectivity index (χ3v) is 5.99. The largest absolute Gasteiger partial charge is 0.497 e. The molecule has 3 rings (SSSR count). The lowest BCUT2D eigenvalue weighted by atomic mass is 10.1. The van der Waals surface area contributed by atoms with E-state index in [1.807, 2.05) is 12.1 Å². The number of methoxy groups -OCH3 is 1. The molecule has 1 amide bonds. The molecule has 0 aromatic heterocycles. The number of benzene rings is 3. The summed E-state index contributed by atoms with van der Waals surface area (Å²) >= 11 is 5.86. The summed E-state index contributed by atoms with van der Waals surface area (Å²) in [6.45, 7) is 0.418. The second-order valence-corrected chi connectivity index (χ2v) is 8.61. The molecule has 0 saturated carbocycles. The van der Waals surface area contributed by atoms with Gasteiger partial charge in [-0.2, -0.15) is 0 Å². The molecule has 0 saturated heterocycles. The van der Waals surface area contributed by atoms with E-state index in [9.17, 15) is 13.2 Å². The Kier molecular flexibility index (Phi) is 6.97. The number of rotatable bonds is 8. The Hall–Kier alpha value is -3.03. The summed E-state index contributed by atoms with van der Waals surface area (Å²) in [6.07, 6.45) is 0.639. The fraction of sp³-hybridized carbons (Fsp3) is 0.136. The quantitative estimate of drug-likeness (QED) is 0.547. The average Bonchev–Trinajstić information content (AvgIpc) is 2.75. The minimum absolute atomic E-state index is 0.00340. The maximum Gasteiger partial charge on any atom is 0.261 e. The Bertz CT molecular complexity index is 1110. The molecule has 3 aromatic carbocycles. The van der Waals surface area contributed by atoms with Gasteiger partial charge in [0, 0.05) is 22.8 Å². The van der Waals surface area contributed by atoms with Gasteiger partial charge in [0.1, 0.15) is 5.75 Å². The second kappa shape index (κ2) is 9.65. The highest BCUT2D eigenvalue weighted by Crippen LogP contribution is 2.20. The molecule has 0 aliphatic carbocycles. The SMILES string of the molecule is COc1ccc(NS(=O)(=O)c2cccc(C(=O)NCCc3ccc(Cl)cc3)c2)cc1. The van der Waals surface area contributed by atoms with Crippen molar-refractivity contribution in [3.63, 3.8) is 0 Å². The smallest absolute Gasteiger partial charge is 0.261 e. The van der Waals surface area contributed by atoms with Crippen molar-refractivity contribution in [2.24, 2.45) is 0 Å². The van der Waals surface area contributed by atoms with Crippen LogP contribution in [0.2, 0.25) is 5.02 Å². The summed E-state index contributed by atoms with van der Waals surface area (Å²) in [7, 11) is -2.31. The molecule has 8 heteroatoms. The number of carbonyl (C=O) groups is 1. The number of amides is 1. The van der Waals surface area contributed by atoms with Gasteiger partial charge in [0.2, 0.25) is 0 Å². The fourth-order valence-electron chi connectivity index (χ4n) is 2.75. The minimum Gasteiger partial charge on any atom is -0.497 e. The zero-order valence-electron chi connectivity index (χ0n) is 16.3. The lowest BCUT2D eigenvalue weighted by molar-refractivity contribution is 0.0954. The maximum atomic E-state index is 12.7. The Morgan fingerprint density at radius 1 is 1.00 bits per heavy atom. The summed E-state index contributed by atoms with van der Waals surface area (Å²) in [4.78, 5) is 12.4. The van der Waals surface area contributed by atoms with Crippen molar-refractivity contribution < 1.29 is 17.9 Å². The molecular weight excluding hydrogens is 424 g/mol. The molecule has 0 heterocycles. The van der Waals surface area contributed by atoms with Crippen molar-refractivity contribution in [3.05, 3.63) is 88.9 Å². The lowest BCUT2D eigenvalue weighted by Gasteiger charge is -2.10. The van der Waals surface area contributed by atoms with Crippen LogP contribution in [0.25, 0.3) is 0 Å². The number of sulfonamides is 1.